The number of thiocarbonyl (C=S) groups is 1. The first-order valence-corrected chi connectivity index (χ1v) is 9.73. The molecule has 1 aromatic heterocycles. The van der Waals surface area contributed by atoms with Gasteiger partial charge < -0.3 is 15.1 Å². The van der Waals surface area contributed by atoms with Crippen LogP contribution in [0.4, 0.5) is 5.69 Å². The molecule has 0 aliphatic carbocycles. The van der Waals surface area contributed by atoms with E-state index in [0.717, 1.165) is 39.0 Å². The maximum Gasteiger partial charge on any atom is 0.227 e. The summed E-state index contributed by atoms with van der Waals surface area (Å²) in [5.74, 6) is 0.742. The largest absolute Gasteiger partial charge is 0.436 e. The van der Waals surface area contributed by atoms with E-state index >= 15 is 0 Å². The van der Waals surface area contributed by atoms with Gasteiger partial charge >= 0.3 is 0 Å². The summed E-state index contributed by atoms with van der Waals surface area (Å²) >= 11 is 5.29. The Bertz CT molecular complexity index is 1050. The number of aromatic nitrogens is 1. The molecule has 1 amide bonds. The zero-order valence-corrected chi connectivity index (χ0v) is 17.7. The zero-order valence-electron chi connectivity index (χ0n) is 16.8. The molecule has 1 heterocycles. The Hall–Kier alpha value is -2.73. The van der Waals surface area contributed by atoms with Gasteiger partial charge in [-0.15, -0.1) is 0 Å². The molecule has 0 bridgehead atoms. The van der Waals surface area contributed by atoms with Gasteiger partial charge in [0.15, 0.2) is 10.7 Å². The van der Waals surface area contributed by atoms with Crippen LogP contribution in [0.1, 0.15) is 37.0 Å². The molecule has 0 saturated heterocycles. The van der Waals surface area contributed by atoms with E-state index in [9.17, 15) is 4.79 Å². The molecule has 0 atom stereocenters. The summed E-state index contributed by atoms with van der Waals surface area (Å²) < 4.78 is 6.01. The second kappa shape index (κ2) is 8.10. The summed E-state index contributed by atoms with van der Waals surface area (Å²) in [6, 6.07) is 9.97. The van der Waals surface area contributed by atoms with Crippen LogP contribution in [0.15, 0.2) is 34.7 Å². The first-order valence-electron chi connectivity index (χ1n) is 9.32. The maximum atomic E-state index is 11.9. The summed E-state index contributed by atoms with van der Waals surface area (Å²) in [5, 5.41) is 6.12. The molecular weight excluding hydrogens is 370 g/mol. The van der Waals surface area contributed by atoms with Gasteiger partial charge in [-0.2, -0.15) is 0 Å². The van der Waals surface area contributed by atoms with E-state index in [1.807, 2.05) is 58.9 Å². The number of hydrogen-bond acceptors (Lipinski definition) is 4. The number of oxazole rings is 1. The SMILES string of the molecule is Cc1cc(C)c2oc(-c3ccc(C)c(NC(=S)NC(=O)CC(C)C)c3)nc2c1. The van der Waals surface area contributed by atoms with Crippen molar-refractivity contribution in [3.63, 3.8) is 0 Å². The predicted molar refractivity (Wildman–Crippen MR) is 117 cm³/mol. The summed E-state index contributed by atoms with van der Waals surface area (Å²) in [6.07, 6.45) is 0.433. The second-order valence-electron chi connectivity index (χ2n) is 7.58. The molecule has 0 unspecified atom stereocenters. The molecular formula is C22H25N3O2S. The van der Waals surface area contributed by atoms with Crippen molar-refractivity contribution in [1.82, 2.24) is 10.3 Å². The van der Waals surface area contributed by atoms with E-state index in [0.29, 0.717) is 12.3 Å². The minimum atomic E-state index is -0.0916. The molecule has 6 heteroatoms. The Morgan fingerprint density at radius 2 is 1.89 bits per heavy atom. The summed E-state index contributed by atoms with van der Waals surface area (Å²) in [4.78, 5) is 16.6. The van der Waals surface area contributed by atoms with Crippen LogP contribution >= 0.6 is 12.2 Å². The number of benzene rings is 2. The Balaban J connectivity index is 1.84. The smallest absolute Gasteiger partial charge is 0.227 e. The third kappa shape index (κ3) is 4.57. The fraction of sp³-hybridized carbons (Fsp3) is 0.318. The fourth-order valence-electron chi connectivity index (χ4n) is 3.09. The van der Waals surface area contributed by atoms with Crippen molar-refractivity contribution in [3.05, 3.63) is 47.0 Å². The van der Waals surface area contributed by atoms with Crippen molar-refractivity contribution >= 4 is 40.0 Å². The topological polar surface area (TPSA) is 67.2 Å². The monoisotopic (exact) mass is 395 g/mol. The number of carbonyl (C=O) groups excluding carboxylic acids is 1. The van der Waals surface area contributed by atoms with E-state index < -0.39 is 0 Å². The molecule has 5 nitrogen and oxygen atoms in total. The minimum Gasteiger partial charge on any atom is -0.436 e. The number of anilines is 1. The number of rotatable bonds is 4. The quantitative estimate of drug-likeness (QED) is 0.588. The highest BCUT2D eigenvalue weighted by Crippen LogP contribution is 2.30. The first-order chi connectivity index (χ1) is 13.2. The van der Waals surface area contributed by atoms with Crippen molar-refractivity contribution in [1.29, 1.82) is 0 Å². The van der Waals surface area contributed by atoms with Crippen molar-refractivity contribution in [3.8, 4) is 11.5 Å². The summed E-state index contributed by atoms with van der Waals surface area (Å²) in [6.45, 7) is 10.0. The number of fused-ring (bicyclic) bond motifs is 1. The van der Waals surface area contributed by atoms with Crippen LogP contribution in [0.2, 0.25) is 0 Å². The second-order valence-corrected chi connectivity index (χ2v) is 7.99. The highest BCUT2D eigenvalue weighted by molar-refractivity contribution is 7.80. The summed E-state index contributed by atoms with van der Waals surface area (Å²) in [7, 11) is 0. The van der Waals surface area contributed by atoms with Gasteiger partial charge in [0.05, 0.1) is 0 Å². The van der Waals surface area contributed by atoms with Gasteiger partial charge in [0.2, 0.25) is 11.8 Å². The van der Waals surface area contributed by atoms with Crippen LogP contribution < -0.4 is 10.6 Å². The number of nitrogens with zero attached hydrogens (tertiary/aromatic N) is 1. The highest BCUT2D eigenvalue weighted by Gasteiger charge is 2.13. The van der Waals surface area contributed by atoms with Crippen LogP contribution in [0.5, 0.6) is 0 Å². The molecule has 2 N–H and O–H groups in total. The van der Waals surface area contributed by atoms with Gasteiger partial charge in [-0.25, -0.2) is 4.98 Å². The molecule has 28 heavy (non-hydrogen) atoms. The summed E-state index contributed by atoms with van der Waals surface area (Å²) in [5.41, 5.74) is 6.52. The van der Waals surface area contributed by atoms with Gasteiger partial charge in [0.25, 0.3) is 0 Å². The maximum absolute atomic E-state index is 11.9. The van der Waals surface area contributed by atoms with Crippen molar-refractivity contribution < 1.29 is 9.21 Å². The lowest BCUT2D eigenvalue weighted by atomic mass is 10.1. The molecule has 0 saturated carbocycles. The predicted octanol–water partition coefficient (Wildman–Crippen LogP) is 5.28. The molecule has 0 spiro atoms. The number of amides is 1. The molecule has 3 rings (SSSR count). The lowest BCUT2D eigenvalue weighted by Gasteiger charge is -2.13. The van der Waals surface area contributed by atoms with Crippen LogP contribution in [0, 0.1) is 26.7 Å². The van der Waals surface area contributed by atoms with E-state index in [1.165, 1.54) is 0 Å². The Morgan fingerprint density at radius 1 is 1.14 bits per heavy atom. The zero-order chi connectivity index (χ0) is 20.4. The van der Waals surface area contributed by atoms with Gasteiger partial charge in [0, 0.05) is 17.7 Å². The Kier molecular flexibility index (Phi) is 5.79. The van der Waals surface area contributed by atoms with Gasteiger partial charge in [0.1, 0.15) is 5.52 Å². The van der Waals surface area contributed by atoms with Crippen molar-refractivity contribution in [2.75, 3.05) is 5.32 Å². The number of hydrogen-bond donors (Lipinski definition) is 2. The normalized spacial score (nSPS) is 11.1. The molecule has 0 aliphatic rings. The first kappa shape index (κ1) is 20.0. The lowest BCUT2D eigenvalue weighted by molar-refractivity contribution is -0.120. The fourth-order valence-corrected chi connectivity index (χ4v) is 3.32. The molecule has 0 radical (unpaired) electrons. The van der Waals surface area contributed by atoms with Crippen LogP contribution in [0.3, 0.4) is 0 Å². The highest BCUT2D eigenvalue weighted by atomic mass is 32.1. The molecule has 0 fully saturated rings. The molecule has 2 aromatic carbocycles. The Labute approximate surface area is 170 Å². The number of carbonyl (C=O) groups is 1. The van der Waals surface area contributed by atoms with E-state index in [4.69, 9.17) is 16.6 Å². The van der Waals surface area contributed by atoms with Crippen LogP contribution in [0.25, 0.3) is 22.6 Å². The average molecular weight is 396 g/mol. The standard InChI is InChI=1S/C22H25N3O2S/c1-12(2)8-19(26)25-22(28)24-17-11-16(7-6-14(17)4)21-23-18-10-13(3)9-15(5)20(18)27-21/h6-7,9-12H,8H2,1-5H3,(H2,24,25,26,28). The van der Waals surface area contributed by atoms with Crippen molar-refractivity contribution in [2.45, 2.75) is 41.0 Å². The van der Waals surface area contributed by atoms with Gasteiger partial charge in [-0.05, 0) is 73.8 Å². The van der Waals surface area contributed by atoms with Gasteiger partial charge in [-0.3, -0.25) is 4.79 Å². The molecule has 146 valence electrons. The van der Waals surface area contributed by atoms with Gasteiger partial charge in [-0.1, -0.05) is 26.0 Å². The van der Waals surface area contributed by atoms with E-state index in [-0.39, 0.29) is 16.9 Å². The van der Waals surface area contributed by atoms with E-state index in [1.54, 1.807) is 0 Å². The number of nitrogens with one attached hydrogen (secondary N) is 2. The number of aryl methyl sites for hydroxylation is 3. The lowest BCUT2D eigenvalue weighted by Crippen LogP contribution is -2.34. The van der Waals surface area contributed by atoms with Crippen molar-refractivity contribution in [2.24, 2.45) is 5.92 Å². The third-order valence-corrected chi connectivity index (χ3v) is 4.60. The Morgan fingerprint density at radius 3 is 2.61 bits per heavy atom. The van der Waals surface area contributed by atoms with E-state index in [2.05, 4.69) is 21.7 Å². The van der Waals surface area contributed by atoms with Crippen LogP contribution in [-0.4, -0.2) is 16.0 Å². The average Bonchev–Trinajstić information content (AvgIpc) is 3.00. The molecule has 0 aliphatic heterocycles. The van der Waals surface area contributed by atoms with Crippen LogP contribution in [-0.2, 0) is 4.79 Å². The minimum absolute atomic E-state index is 0.0916. The third-order valence-electron chi connectivity index (χ3n) is 4.40. The molecule has 3 aromatic rings.